The second kappa shape index (κ2) is 5.58. The summed E-state index contributed by atoms with van der Waals surface area (Å²) in [5.41, 5.74) is 6.68. The summed E-state index contributed by atoms with van der Waals surface area (Å²) in [6.45, 7) is 4.68. The van der Waals surface area contributed by atoms with Gasteiger partial charge in [0.05, 0.1) is 12.3 Å². The SMILES string of the molecule is CCC(CC)COC(=O)c1cc(N)cn1C. The van der Waals surface area contributed by atoms with E-state index in [0.29, 0.717) is 23.9 Å². The molecule has 2 N–H and O–H groups in total. The molecule has 0 aliphatic rings. The summed E-state index contributed by atoms with van der Waals surface area (Å²) in [5, 5.41) is 0. The largest absolute Gasteiger partial charge is 0.461 e. The molecule has 90 valence electrons. The van der Waals surface area contributed by atoms with Gasteiger partial charge in [-0.15, -0.1) is 0 Å². The molecule has 0 aromatic carbocycles. The Morgan fingerprint density at radius 1 is 1.50 bits per heavy atom. The average molecular weight is 224 g/mol. The van der Waals surface area contributed by atoms with Crippen LogP contribution < -0.4 is 5.73 Å². The van der Waals surface area contributed by atoms with Crippen LogP contribution in [0.15, 0.2) is 12.3 Å². The molecule has 0 bridgehead atoms. The maximum absolute atomic E-state index is 11.7. The summed E-state index contributed by atoms with van der Waals surface area (Å²) < 4.78 is 6.94. The Balaban J connectivity index is 2.56. The number of anilines is 1. The Hall–Kier alpha value is -1.45. The summed E-state index contributed by atoms with van der Waals surface area (Å²) in [6.07, 6.45) is 3.76. The Kier molecular flexibility index (Phi) is 4.40. The van der Waals surface area contributed by atoms with E-state index in [2.05, 4.69) is 13.8 Å². The average Bonchev–Trinajstić information content (AvgIpc) is 2.59. The van der Waals surface area contributed by atoms with Crippen LogP contribution in [0, 0.1) is 5.92 Å². The molecule has 0 saturated heterocycles. The van der Waals surface area contributed by atoms with Gasteiger partial charge in [0.2, 0.25) is 0 Å². The summed E-state index contributed by atoms with van der Waals surface area (Å²) in [4.78, 5) is 11.7. The molecule has 0 amide bonds. The molecule has 1 aromatic heterocycles. The van der Waals surface area contributed by atoms with Crippen LogP contribution in [0.3, 0.4) is 0 Å². The van der Waals surface area contributed by atoms with Gasteiger partial charge in [0.15, 0.2) is 0 Å². The van der Waals surface area contributed by atoms with E-state index in [9.17, 15) is 4.79 Å². The van der Waals surface area contributed by atoms with Crippen LogP contribution in [0.4, 0.5) is 5.69 Å². The molecule has 4 nitrogen and oxygen atoms in total. The van der Waals surface area contributed by atoms with E-state index in [1.807, 2.05) is 0 Å². The van der Waals surface area contributed by atoms with Crippen molar-refractivity contribution in [1.29, 1.82) is 0 Å². The predicted molar refractivity (Wildman–Crippen MR) is 64.2 cm³/mol. The number of aromatic nitrogens is 1. The third-order valence-electron chi connectivity index (χ3n) is 2.84. The van der Waals surface area contributed by atoms with Gasteiger partial charge in [-0.1, -0.05) is 26.7 Å². The normalized spacial score (nSPS) is 10.8. The molecule has 0 radical (unpaired) electrons. The van der Waals surface area contributed by atoms with E-state index in [0.717, 1.165) is 12.8 Å². The molecule has 0 aliphatic carbocycles. The number of carbonyl (C=O) groups excluding carboxylic acids is 1. The number of hydrogen-bond acceptors (Lipinski definition) is 3. The summed E-state index contributed by atoms with van der Waals surface area (Å²) in [7, 11) is 1.78. The maximum atomic E-state index is 11.7. The molecule has 0 atom stereocenters. The van der Waals surface area contributed by atoms with Gasteiger partial charge in [0.25, 0.3) is 0 Å². The first-order valence-electron chi connectivity index (χ1n) is 5.67. The van der Waals surface area contributed by atoms with Crippen LogP contribution in [0.5, 0.6) is 0 Å². The highest BCUT2D eigenvalue weighted by Gasteiger charge is 2.14. The van der Waals surface area contributed by atoms with Gasteiger partial charge in [-0.2, -0.15) is 0 Å². The van der Waals surface area contributed by atoms with Crippen LogP contribution in [-0.4, -0.2) is 17.1 Å². The molecular formula is C12H20N2O2. The van der Waals surface area contributed by atoms with Crippen molar-refractivity contribution in [3.63, 3.8) is 0 Å². The van der Waals surface area contributed by atoms with Crippen molar-refractivity contribution in [1.82, 2.24) is 4.57 Å². The Bertz CT molecular complexity index is 354. The lowest BCUT2D eigenvalue weighted by atomic mass is 10.1. The number of nitrogens with two attached hydrogens (primary N) is 1. The minimum absolute atomic E-state index is 0.300. The van der Waals surface area contributed by atoms with Crippen LogP contribution in [0.2, 0.25) is 0 Å². The lowest BCUT2D eigenvalue weighted by Crippen LogP contribution is -2.15. The van der Waals surface area contributed by atoms with Gasteiger partial charge in [-0.05, 0) is 12.0 Å². The first-order chi connectivity index (χ1) is 7.58. The summed E-state index contributed by atoms with van der Waals surface area (Å²) in [6, 6.07) is 1.63. The number of esters is 1. The quantitative estimate of drug-likeness (QED) is 0.780. The first kappa shape index (κ1) is 12.6. The van der Waals surface area contributed by atoms with E-state index < -0.39 is 0 Å². The Morgan fingerprint density at radius 3 is 2.56 bits per heavy atom. The third-order valence-corrected chi connectivity index (χ3v) is 2.84. The van der Waals surface area contributed by atoms with E-state index in [1.54, 1.807) is 23.9 Å². The lowest BCUT2D eigenvalue weighted by Gasteiger charge is -2.12. The van der Waals surface area contributed by atoms with Crippen LogP contribution in [0.1, 0.15) is 37.2 Å². The molecule has 0 unspecified atom stereocenters. The van der Waals surface area contributed by atoms with E-state index in [4.69, 9.17) is 10.5 Å². The van der Waals surface area contributed by atoms with Gasteiger partial charge in [0, 0.05) is 13.2 Å². The van der Waals surface area contributed by atoms with Gasteiger partial charge < -0.3 is 15.0 Å². The van der Waals surface area contributed by atoms with Crippen LogP contribution in [-0.2, 0) is 11.8 Å². The molecule has 1 heterocycles. The molecule has 1 aromatic rings. The number of hydrogen-bond donors (Lipinski definition) is 1. The van der Waals surface area contributed by atoms with Crippen molar-refractivity contribution >= 4 is 11.7 Å². The second-order valence-corrected chi connectivity index (χ2v) is 4.05. The van der Waals surface area contributed by atoms with Crippen molar-refractivity contribution in [2.24, 2.45) is 13.0 Å². The van der Waals surface area contributed by atoms with Crippen molar-refractivity contribution in [3.05, 3.63) is 18.0 Å². The fourth-order valence-corrected chi connectivity index (χ4v) is 1.58. The van der Waals surface area contributed by atoms with Crippen LogP contribution >= 0.6 is 0 Å². The number of nitrogen functional groups attached to an aromatic ring is 1. The molecule has 16 heavy (non-hydrogen) atoms. The maximum Gasteiger partial charge on any atom is 0.355 e. The van der Waals surface area contributed by atoms with E-state index in [1.165, 1.54) is 0 Å². The standard InChI is InChI=1S/C12H20N2O2/c1-4-9(5-2)8-16-12(15)11-6-10(13)7-14(11)3/h6-7,9H,4-5,8,13H2,1-3H3. The predicted octanol–water partition coefficient (Wildman–Crippen LogP) is 2.20. The number of rotatable bonds is 5. The highest BCUT2D eigenvalue weighted by Crippen LogP contribution is 2.12. The fourth-order valence-electron chi connectivity index (χ4n) is 1.58. The zero-order valence-electron chi connectivity index (χ0n) is 10.2. The molecular weight excluding hydrogens is 204 g/mol. The minimum Gasteiger partial charge on any atom is -0.461 e. The molecule has 0 spiro atoms. The number of aryl methyl sites for hydroxylation is 1. The molecule has 4 heteroatoms. The number of ether oxygens (including phenoxy) is 1. The van der Waals surface area contributed by atoms with Crippen molar-refractivity contribution in [2.45, 2.75) is 26.7 Å². The second-order valence-electron chi connectivity index (χ2n) is 4.05. The molecule has 0 saturated carbocycles. The molecule has 0 fully saturated rings. The van der Waals surface area contributed by atoms with Crippen LogP contribution in [0.25, 0.3) is 0 Å². The van der Waals surface area contributed by atoms with E-state index >= 15 is 0 Å². The highest BCUT2D eigenvalue weighted by atomic mass is 16.5. The fraction of sp³-hybridized carbons (Fsp3) is 0.583. The third kappa shape index (κ3) is 3.02. The zero-order valence-corrected chi connectivity index (χ0v) is 10.2. The van der Waals surface area contributed by atoms with Crippen molar-refractivity contribution < 1.29 is 9.53 Å². The van der Waals surface area contributed by atoms with Gasteiger partial charge in [-0.25, -0.2) is 4.79 Å². The Labute approximate surface area is 96.4 Å². The molecule has 0 aliphatic heterocycles. The van der Waals surface area contributed by atoms with Crippen molar-refractivity contribution in [3.8, 4) is 0 Å². The monoisotopic (exact) mass is 224 g/mol. The topological polar surface area (TPSA) is 57.2 Å². The number of nitrogens with zero attached hydrogens (tertiary/aromatic N) is 1. The first-order valence-corrected chi connectivity index (χ1v) is 5.67. The minimum atomic E-state index is -0.300. The Morgan fingerprint density at radius 2 is 2.12 bits per heavy atom. The van der Waals surface area contributed by atoms with Crippen molar-refractivity contribution in [2.75, 3.05) is 12.3 Å². The zero-order chi connectivity index (χ0) is 12.1. The van der Waals surface area contributed by atoms with Gasteiger partial charge >= 0.3 is 5.97 Å². The lowest BCUT2D eigenvalue weighted by molar-refractivity contribution is 0.0422. The summed E-state index contributed by atoms with van der Waals surface area (Å²) in [5.74, 6) is 0.146. The number of carbonyl (C=O) groups is 1. The van der Waals surface area contributed by atoms with E-state index in [-0.39, 0.29) is 5.97 Å². The highest BCUT2D eigenvalue weighted by molar-refractivity contribution is 5.89. The van der Waals surface area contributed by atoms with Gasteiger partial charge in [-0.3, -0.25) is 0 Å². The van der Waals surface area contributed by atoms with Gasteiger partial charge in [0.1, 0.15) is 5.69 Å². The summed E-state index contributed by atoms with van der Waals surface area (Å²) >= 11 is 0. The molecule has 1 rings (SSSR count). The smallest absolute Gasteiger partial charge is 0.355 e.